The van der Waals surface area contributed by atoms with E-state index in [0.717, 1.165) is 0 Å². The molecule has 0 spiro atoms. The molecule has 1 N–H and O–H groups in total. The van der Waals surface area contributed by atoms with Gasteiger partial charge in [0, 0.05) is 6.07 Å². The van der Waals surface area contributed by atoms with Gasteiger partial charge in [0.1, 0.15) is 29.4 Å². The van der Waals surface area contributed by atoms with Crippen molar-refractivity contribution in [2.75, 3.05) is 13.7 Å². The van der Waals surface area contributed by atoms with E-state index in [4.69, 9.17) is 18.6 Å². The molecule has 1 heterocycles. The summed E-state index contributed by atoms with van der Waals surface area (Å²) in [5, 5.41) is 2.95. The van der Waals surface area contributed by atoms with E-state index in [0.29, 0.717) is 28.9 Å². The van der Waals surface area contributed by atoms with Crippen LogP contribution >= 0.6 is 0 Å². The zero-order valence-electron chi connectivity index (χ0n) is 18.1. The van der Waals surface area contributed by atoms with Crippen LogP contribution in [0, 0.1) is 5.92 Å². The largest absolute Gasteiger partial charge is 0.484 e. The highest BCUT2D eigenvalue weighted by atomic mass is 16.5. The Bertz CT molecular complexity index is 1140. The summed E-state index contributed by atoms with van der Waals surface area (Å²) >= 11 is 0. The molecule has 32 heavy (non-hydrogen) atoms. The van der Waals surface area contributed by atoms with Crippen molar-refractivity contribution in [2.24, 2.45) is 5.92 Å². The highest BCUT2D eigenvalue weighted by Gasteiger charge is 2.26. The van der Waals surface area contributed by atoms with E-state index in [2.05, 4.69) is 5.32 Å². The van der Waals surface area contributed by atoms with Gasteiger partial charge in [-0.3, -0.25) is 9.59 Å². The second-order valence-corrected chi connectivity index (χ2v) is 7.24. The lowest BCUT2D eigenvalue weighted by molar-refractivity contribution is -0.146. The Morgan fingerprint density at radius 3 is 2.53 bits per heavy atom. The number of rotatable bonds is 9. The molecule has 1 aromatic heterocycles. The number of benzene rings is 2. The predicted molar refractivity (Wildman–Crippen MR) is 118 cm³/mol. The summed E-state index contributed by atoms with van der Waals surface area (Å²) in [5.41, 5.74) is -0.0331. The minimum absolute atomic E-state index is 0.0654. The van der Waals surface area contributed by atoms with Crippen molar-refractivity contribution in [3.63, 3.8) is 0 Å². The Balaban J connectivity index is 1.68. The molecule has 0 radical (unpaired) electrons. The van der Waals surface area contributed by atoms with Crippen LogP contribution < -0.4 is 20.2 Å². The molecule has 3 rings (SSSR count). The van der Waals surface area contributed by atoms with Gasteiger partial charge >= 0.3 is 5.97 Å². The van der Waals surface area contributed by atoms with Crippen LogP contribution in [0.25, 0.3) is 11.0 Å². The van der Waals surface area contributed by atoms with Crippen molar-refractivity contribution >= 4 is 22.8 Å². The number of esters is 1. The second kappa shape index (κ2) is 10.5. The zero-order valence-corrected chi connectivity index (χ0v) is 18.1. The van der Waals surface area contributed by atoms with Gasteiger partial charge in [-0.25, -0.2) is 4.79 Å². The van der Waals surface area contributed by atoms with E-state index in [1.807, 2.05) is 19.9 Å². The van der Waals surface area contributed by atoms with Crippen LogP contribution in [-0.4, -0.2) is 31.6 Å². The van der Waals surface area contributed by atoms with E-state index < -0.39 is 17.9 Å². The van der Waals surface area contributed by atoms with Gasteiger partial charge in [0.05, 0.1) is 12.5 Å². The Labute approximate surface area is 185 Å². The predicted octanol–water partition coefficient (Wildman–Crippen LogP) is 3.67. The van der Waals surface area contributed by atoms with Crippen LogP contribution in [0.3, 0.4) is 0 Å². The van der Waals surface area contributed by atoms with Crippen molar-refractivity contribution in [3.05, 3.63) is 65.0 Å². The molecule has 0 aliphatic rings. The molecule has 3 aromatic rings. The maximum Gasteiger partial charge on any atom is 0.328 e. The van der Waals surface area contributed by atoms with Gasteiger partial charge in [0.25, 0.3) is 5.91 Å². The average Bonchev–Trinajstić information content (AvgIpc) is 2.82. The maximum absolute atomic E-state index is 12.7. The number of para-hydroxylation sites is 1. The third-order valence-electron chi connectivity index (χ3n) is 5.04. The van der Waals surface area contributed by atoms with E-state index in [-0.39, 0.29) is 23.7 Å². The first kappa shape index (κ1) is 22.9. The molecule has 8 heteroatoms. The molecule has 0 fully saturated rings. The topological polar surface area (TPSA) is 104 Å². The summed E-state index contributed by atoms with van der Waals surface area (Å²) in [6, 6.07) is 12.8. The summed E-state index contributed by atoms with van der Waals surface area (Å²) in [5.74, 6) is -0.134. The van der Waals surface area contributed by atoms with E-state index in [9.17, 15) is 14.4 Å². The first-order chi connectivity index (χ1) is 15.4. The number of nitrogens with one attached hydrogen (secondary N) is 1. The van der Waals surface area contributed by atoms with E-state index in [1.165, 1.54) is 19.4 Å². The molecule has 0 aliphatic heterocycles. The molecule has 0 unspecified atom stereocenters. The minimum Gasteiger partial charge on any atom is -0.484 e. The third-order valence-corrected chi connectivity index (χ3v) is 5.04. The summed E-state index contributed by atoms with van der Waals surface area (Å²) in [7, 11) is 1.28. The molecular weight excluding hydrogens is 414 g/mol. The smallest absolute Gasteiger partial charge is 0.328 e. The SMILES string of the molecule is CC[C@@H](C)[C@H](NC(=O)COc1ccc2c(=O)c(Oc3ccccc3)coc2c1)C(=O)OC. The standard InChI is InChI=1S/C24H25NO7/c1-4-15(2)22(24(28)29-3)25-21(26)14-30-17-10-11-18-19(12-17)31-13-20(23(18)27)32-16-8-6-5-7-9-16/h5-13,15,22H,4,14H2,1-3H3,(H,25,26)/t15-,22+/m1/s1. The highest BCUT2D eigenvalue weighted by molar-refractivity contribution is 5.85. The molecule has 8 nitrogen and oxygen atoms in total. The number of hydrogen-bond acceptors (Lipinski definition) is 7. The molecule has 0 bridgehead atoms. The highest BCUT2D eigenvalue weighted by Crippen LogP contribution is 2.24. The van der Waals surface area contributed by atoms with Gasteiger partial charge in [0.15, 0.2) is 6.61 Å². The van der Waals surface area contributed by atoms with Crippen molar-refractivity contribution in [1.29, 1.82) is 0 Å². The fourth-order valence-electron chi connectivity index (χ4n) is 3.03. The maximum atomic E-state index is 12.7. The summed E-state index contributed by atoms with van der Waals surface area (Å²) < 4.78 is 21.4. The van der Waals surface area contributed by atoms with Gasteiger partial charge in [0.2, 0.25) is 11.2 Å². The Morgan fingerprint density at radius 1 is 1.09 bits per heavy atom. The minimum atomic E-state index is -0.751. The monoisotopic (exact) mass is 439 g/mol. The lowest BCUT2D eigenvalue weighted by Crippen LogP contribution is -2.47. The van der Waals surface area contributed by atoms with Crippen molar-refractivity contribution in [3.8, 4) is 17.2 Å². The van der Waals surface area contributed by atoms with Crippen molar-refractivity contribution < 1.29 is 28.2 Å². The van der Waals surface area contributed by atoms with Crippen LogP contribution in [0.2, 0.25) is 0 Å². The van der Waals surface area contributed by atoms with Gasteiger partial charge < -0.3 is 23.9 Å². The lowest BCUT2D eigenvalue weighted by atomic mass is 9.99. The number of ether oxygens (including phenoxy) is 3. The zero-order chi connectivity index (χ0) is 23.1. The van der Waals surface area contributed by atoms with Crippen LogP contribution in [0.1, 0.15) is 20.3 Å². The average molecular weight is 439 g/mol. The fraction of sp³-hybridized carbons (Fsp3) is 0.292. The summed E-state index contributed by atoms with van der Waals surface area (Å²) in [4.78, 5) is 36.9. The number of carbonyl (C=O) groups is 2. The van der Waals surface area contributed by atoms with E-state index >= 15 is 0 Å². The Morgan fingerprint density at radius 2 is 1.84 bits per heavy atom. The quantitative estimate of drug-likeness (QED) is 0.507. The van der Waals surface area contributed by atoms with Gasteiger partial charge in [-0.1, -0.05) is 38.5 Å². The summed E-state index contributed by atoms with van der Waals surface area (Å²) in [6.45, 7) is 3.46. The molecule has 1 amide bonds. The molecule has 0 aliphatic carbocycles. The van der Waals surface area contributed by atoms with Crippen molar-refractivity contribution in [1.82, 2.24) is 5.32 Å². The lowest BCUT2D eigenvalue weighted by Gasteiger charge is -2.21. The molecular formula is C24H25NO7. The van der Waals surface area contributed by atoms with Crippen LogP contribution in [0.15, 0.2) is 64.0 Å². The van der Waals surface area contributed by atoms with Gasteiger partial charge in [-0.15, -0.1) is 0 Å². The molecule has 0 saturated heterocycles. The number of fused-ring (bicyclic) bond motifs is 1. The van der Waals surface area contributed by atoms with Crippen LogP contribution in [-0.2, 0) is 14.3 Å². The van der Waals surface area contributed by atoms with Crippen LogP contribution in [0.5, 0.6) is 17.2 Å². The third kappa shape index (κ3) is 5.46. The van der Waals surface area contributed by atoms with E-state index in [1.54, 1.807) is 36.4 Å². The van der Waals surface area contributed by atoms with Gasteiger partial charge in [-0.2, -0.15) is 0 Å². The normalized spacial score (nSPS) is 12.6. The molecule has 168 valence electrons. The van der Waals surface area contributed by atoms with Crippen LogP contribution in [0.4, 0.5) is 0 Å². The molecule has 2 aromatic carbocycles. The number of hydrogen-bond donors (Lipinski definition) is 1. The number of amides is 1. The van der Waals surface area contributed by atoms with Gasteiger partial charge in [-0.05, 0) is 30.2 Å². The second-order valence-electron chi connectivity index (χ2n) is 7.24. The number of methoxy groups -OCH3 is 1. The Kier molecular flexibility index (Phi) is 7.49. The first-order valence-electron chi connectivity index (χ1n) is 10.2. The molecule has 2 atom stereocenters. The molecule has 0 saturated carbocycles. The van der Waals surface area contributed by atoms with Crippen molar-refractivity contribution in [2.45, 2.75) is 26.3 Å². The fourth-order valence-corrected chi connectivity index (χ4v) is 3.03. The number of carbonyl (C=O) groups excluding carboxylic acids is 2. The Hall–Kier alpha value is -3.81. The first-order valence-corrected chi connectivity index (χ1v) is 10.2. The summed E-state index contributed by atoms with van der Waals surface area (Å²) in [6.07, 6.45) is 1.93.